The molecule has 4 nitrogen and oxygen atoms in total. The first-order valence-corrected chi connectivity index (χ1v) is 8.70. The van der Waals surface area contributed by atoms with Crippen molar-refractivity contribution in [3.05, 3.63) is 50.9 Å². The second-order valence-corrected chi connectivity index (χ2v) is 7.66. The monoisotopic (exact) mass is 418 g/mol. The van der Waals surface area contributed by atoms with E-state index in [1.54, 1.807) is 18.2 Å². The van der Waals surface area contributed by atoms with Crippen LogP contribution in [0.4, 0.5) is 11.4 Å². The summed E-state index contributed by atoms with van der Waals surface area (Å²) in [7, 11) is -3.66. The summed E-state index contributed by atoms with van der Waals surface area (Å²) in [6.45, 7) is 1.89. The topological polar surface area (TPSA) is 72.2 Å². The molecule has 0 aromatic heterocycles. The summed E-state index contributed by atoms with van der Waals surface area (Å²) in [6, 6.07) is 9.93. The number of nitrogens with one attached hydrogen (secondary N) is 1. The molecule has 2 aromatic rings. The number of nitrogens with two attached hydrogens (primary N) is 1. The molecule has 7 heteroatoms. The Morgan fingerprint density at radius 2 is 1.75 bits per heavy atom. The Kier molecular flexibility index (Phi) is 4.41. The van der Waals surface area contributed by atoms with Gasteiger partial charge in [-0.1, -0.05) is 6.07 Å². The normalized spacial score (nSPS) is 11.3. The molecule has 106 valence electrons. The SMILES string of the molecule is Cc1ccc(Br)c(NS(=O)(=O)c2ccc(N)c(Br)c2)c1. The summed E-state index contributed by atoms with van der Waals surface area (Å²) >= 11 is 6.55. The van der Waals surface area contributed by atoms with Gasteiger partial charge in [-0.05, 0) is 74.7 Å². The molecule has 0 amide bonds. The third-order valence-corrected chi connectivity index (χ3v) is 5.39. The zero-order valence-electron chi connectivity index (χ0n) is 10.5. The number of sulfonamides is 1. The van der Waals surface area contributed by atoms with Gasteiger partial charge in [-0.3, -0.25) is 4.72 Å². The van der Waals surface area contributed by atoms with Gasteiger partial charge in [-0.15, -0.1) is 0 Å². The van der Waals surface area contributed by atoms with Gasteiger partial charge in [0.25, 0.3) is 10.0 Å². The number of anilines is 2. The van der Waals surface area contributed by atoms with Gasteiger partial charge in [0.05, 0.1) is 10.6 Å². The van der Waals surface area contributed by atoms with Crippen LogP contribution in [-0.2, 0) is 10.0 Å². The Morgan fingerprint density at radius 3 is 2.40 bits per heavy atom. The standard InChI is InChI=1S/C13H12Br2N2O2S/c1-8-2-4-10(14)13(6-8)17-20(18,19)9-3-5-12(16)11(15)7-9/h2-7,17H,16H2,1H3. The van der Waals surface area contributed by atoms with Gasteiger partial charge in [-0.2, -0.15) is 0 Å². The molecule has 0 spiro atoms. The number of nitrogen functional groups attached to an aromatic ring is 1. The van der Waals surface area contributed by atoms with Gasteiger partial charge in [0.15, 0.2) is 0 Å². The van der Waals surface area contributed by atoms with Crippen LogP contribution in [0.5, 0.6) is 0 Å². The minimum absolute atomic E-state index is 0.145. The number of aryl methyl sites for hydroxylation is 1. The van der Waals surface area contributed by atoms with Crippen LogP contribution in [0.25, 0.3) is 0 Å². The quantitative estimate of drug-likeness (QED) is 0.741. The summed E-state index contributed by atoms with van der Waals surface area (Å²) in [4.78, 5) is 0.145. The first kappa shape index (κ1) is 15.3. The highest BCUT2D eigenvalue weighted by Crippen LogP contribution is 2.28. The fourth-order valence-corrected chi connectivity index (χ4v) is 3.70. The van der Waals surface area contributed by atoms with Crippen LogP contribution in [0.2, 0.25) is 0 Å². The first-order chi connectivity index (χ1) is 9.29. The molecule has 0 atom stereocenters. The van der Waals surface area contributed by atoms with E-state index in [4.69, 9.17) is 5.73 Å². The maximum absolute atomic E-state index is 12.3. The van der Waals surface area contributed by atoms with Crippen molar-refractivity contribution in [2.45, 2.75) is 11.8 Å². The molecule has 20 heavy (non-hydrogen) atoms. The van der Waals surface area contributed by atoms with E-state index in [9.17, 15) is 8.42 Å². The van der Waals surface area contributed by atoms with E-state index < -0.39 is 10.0 Å². The average Bonchev–Trinajstić information content (AvgIpc) is 2.36. The highest BCUT2D eigenvalue weighted by molar-refractivity contribution is 9.11. The Hall–Kier alpha value is -1.05. The van der Waals surface area contributed by atoms with Crippen LogP contribution in [-0.4, -0.2) is 8.42 Å². The van der Waals surface area contributed by atoms with Crippen molar-refractivity contribution >= 4 is 53.3 Å². The van der Waals surface area contributed by atoms with E-state index in [2.05, 4.69) is 36.6 Å². The smallest absolute Gasteiger partial charge is 0.261 e. The summed E-state index contributed by atoms with van der Waals surface area (Å²) in [5.41, 5.74) is 7.61. The number of benzene rings is 2. The van der Waals surface area contributed by atoms with E-state index in [0.717, 1.165) is 5.56 Å². The van der Waals surface area contributed by atoms with Gasteiger partial charge in [0.2, 0.25) is 0 Å². The van der Waals surface area contributed by atoms with Gasteiger partial charge in [-0.25, -0.2) is 8.42 Å². The number of hydrogen-bond donors (Lipinski definition) is 2. The largest absolute Gasteiger partial charge is 0.398 e. The van der Waals surface area contributed by atoms with Crippen molar-refractivity contribution in [1.82, 2.24) is 0 Å². The molecule has 0 fully saturated rings. The highest BCUT2D eigenvalue weighted by atomic mass is 79.9. The second kappa shape index (κ2) is 5.75. The van der Waals surface area contributed by atoms with Crippen molar-refractivity contribution in [3.63, 3.8) is 0 Å². The molecule has 0 aliphatic rings. The molecular formula is C13H12Br2N2O2S. The van der Waals surface area contributed by atoms with Gasteiger partial charge < -0.3 is 5.73 Å². The zero-order valence-corrected chi connectivity index (χ0v) is 14.5. The summed E-state index contributed by atoms with van der Waals surface area (Å²) < 4.78 is 28.5. The molecule has 3 N–H and O–H groups in total. The summed E-state index contributed by atoms with van der Waals surface area (Å²) in [6.07, 6.45) is 0. The Labute approximate surface area is 134 Å². The predicted octanol–water partition coefficient (Wildman–Crippen LogP) is 3.90. The highest BCUT2D eigenvalue weighted by Gasteiger charge is 2.16. The van der Waals surface area contributed by atoms with Crippen LogP contribution in [0.3, 0.4) is 0 Å². The van der Waals surface area contributed by atoms with Crippen LogP contribution in [0.15, 0.2) is 50.2 Å². The molecule has 2 rings (SSSR count). The van der Waals surface area contributed by atoms with Crippen LogP contribution in [0, 0.1) is 6.92 Å². The molecule has 0 saturated carbocycles. The summed E-state index contributed by atoms with van der Waals surface area (Å²) in [5, 5.41) is 0. The first-order valence-electron chi connectivity index (χ1n) is 5.63. The van der Waals surface area contributed by atoms with Crippen molar-refractivity contribution in [2.75, 3.05) is 10.5 Å². The van der Waals surface area contributed by atoms with Crippen molar-refractivity contribution < 1.29 is 8.42 Å². The lowest BCUT2D eigenvalue weighted by Crippen LogP contribution is -2.13. The molecule has 0 aliphatic carbocycles. The van der Waals surface area contributed by atoms with E-state index in [1.807, 2.05) is 13.0 Å². The maximum Gasteiger partial charge on any atom is 0.261 e. The number of halogens is 2. The Balaban J connectivity index is 2.40. The average molecular weight is 420 g/mol. The van der Waals surface area contributed by atoms with E-state index >= 15 is 0 Å². The zero-order chi connectivity index (χ0) is 14.9. The molecule has 0 heterocycles. The van der Waals surface area contributed by atoms with E-state index in [0.29, 0.717) is 20.3 Å². The van der Waals surface area contributed by atoms with Crippen LogP contribution in [0.1, 0.15) is 5.56 Å². The predicted molar refractivity (Wildman–Crippen MR) is 88.2 cm³/mol. The Bertz CT molecular complexity index is 761. The molecule has 0 aliphatic heterocycles. The number of hydrogen-bond acceptors (Lipinski definition) is 3. The number of rotatable bonds is 3. The lowest BCUT2D eigenvalue weighted by Gasteiger charge is -2.11. The second-order valence-electron chi connectivity index (χ2n) is 4.27. The lowest BCUT2D eigenvalue weighted by atomic mass is 10.2. The minimum atomic E-state index is -3.66. The van der Waals surface area contributed by atoms with Crippen LogP contribution < -0.4 is 10.5 Å². The molecule has 2 aromatic carbocycles. The third-order valence-electron chi connectivity index (χ3n) is 2.65. The van der Waals surface area contributed by atoms with Crippen molar-refractivity contribution in [1.29, 1.82) is 0 Å². The molecule has 0 saturated heterocycles. The van der Waals surface area contributed by atoms with E-state index in [-0.39, 0.29) is 4.90 Å². The fourth-order valence-electron chi connectivity index (χ4n) is 1.60. The molecule has 0 bridgehead atoms. The molecular weight excluding hydrogens is 408 g/mol. The Morgan fingerprint density at radius 1 is 1.05 bits per heavy atom. The van der Waals surface area contributed by atoms with Crippen molar-refractivity contribution in [3.8, 4) is 0 Å². The minimum Gasteiger partial charge on any atom is -0.398 e. The van der Waals surface area contributed by atoms with Gasteiger partial charge in [0.1, 0.15) is 0 Å². The maximum atomic E-state index is 12.3. The van der Waals surface area contributed by atoms with Crippen molar-refractivity contribution in [2.24, 2.45) is 0 Å². The fraction of sp³-hybridized carbons (Fsp3) is 0.0769. The third kappa shape index (κ3) is 3.34. The summed E-state index contributed by atoms with van der Waals surface area (Å²) in [5.74, 6) is 0. The van der Waals surface area contributed by atoms with Gasteiger partial charge in [0, 0.05) is 14.6 Å². The van der Waals surface area contributed by atoms with Crippen LogP contribution >= 0.6 is 31.9 Å². The molecule has 0 unspecified atom stereocenters. The van der Waals surface area contributed by atoms with Gasteiger partial charge >= 0.3 is 0 Å². The molecule has 0 radical (unpaired) electrons. The lowest BCUT2D eigenvalue weighted by molar-refractivity contribution is 0.601. The van der Waals surface area contributed by atoms with E-state index in [1.165, 1.54) is 12.1 Å².